The van der Waals surface area contributed by atoms with Gasteiger partial charge in [-0.2, -0.15) is 0 Å². The average Bonchev–Trinajstić information content (AvgIpc) is 2.47. The lowest BCUT2D eigenvalue weighted by atomic mass is 9.55. The van der Waals surface area contributed by atoms with Gasteiger partial charge >= 0.3 is 0 Å². The molecule has 0 N–H and O–H groups in total. The molecule has 2 bridgehead atoms. The van der Waals surface area contributed by atoms with Crippen molar-refractivity contribution in [2.24, 2.45) is 11.8 Å². The Bertz CT molecular complexity index is 584. The number of rotatable bonds is 1. The summed E-state index contributed by atoms with van der Waals surface area (Å²) in [6, 6.07) is 18.1. The van der Waals surface area contributed by atoms with Gasteiger partial charge in [0.15, 0.2) is 0 Å². The Labute approximate surface area is 123 Å². The van der Waals surface area contributed by atoms with Crippen LogP contribution in [0.1, 0.15) is 41.0 Å². The summed E-state index contributed by atoms with van der Waals surface area (Å²) < 4.78 is 0. The number of benzene rings is 2. The number of hydrogen-bond acceptors (Lipinski definition) is 0. The number of alkyl halides is 1. The first-order chi connectivity index (χ1) is 9.33. The molecular weight excluding hydrogens is 296 g/mol. The maximum atomic E-state index is 3.76. The predicted octanol–water partition coefficient (Wildman–Crippen LogP) is 4.92. The lowest BCUT2D eigenvalue weighted by Gasteiger charge is -2.49. The van der Waals surface area contributed by atoms with Crippen LogP contribution >= 0.6 is 15.9 Å². The molecule has 1 heteroatoms. The van der Waals surface area contributed by atoms with Gasteiger partial charge in [0.2, 0.25) is 0 Å². The topological polar surface area (TPSA) is 0 Å². The van der Waals surface area contributed by atoms with Crippen LogP contribution in [0, 0.1) is 11.8 Å². The molecule has 3 aliphatic rings. The van der Waals surface area contributed by atoms with Crippen molar-refractivity contribution in [3.8, 4) is 0 Å². The van der Waals surface area contributed by atoms with E-state index in [-0.39, 0.29) is 0 Å². The lowest BCUT2D eigenvalue weighted by molar-refractivity contribution is 0.277. The standard InChI is InChI=1S/C18H17Br/c1-11-16(10-19)18-14-8-4-2-6-12(14)17(11)13-7-3-5-9-15(13)18/h2-9,11,16-18H,10H2,1H3. The number of fused-ring (bicyclic) bond motifs is 1. The van der Waals surface area contributed by atoms with Crippen LogP contribution in [0.15, 0.2) is 48.5 Å². The van der Waals surface area contributed by atoms with Crippen molar-refractivity contribution in [3.63, 3.8) is 0 Å². The maximum Gasteiger partial charge on any atom is 0.0134 e. The molecule has 0 saturated carbocycles. The Balaban J connectivity index is 2.03. The molecule has 0 amide bonds. The zero-order chi connectivity index (χ0) is 13.0. The van der Waals surface area contributed by atoms with E-state index in [9.17, 15) is 0 Å². The van der Waals surface area contributed by atoms with Crippen molar-refractivity contribution in [3.05, 3.63) is 70.8 Å². The fraction of sp³-hybridized carbons (Fsp3) is 0.333. The maximum absolute atomic E-state index is 3.76. The van der Waals surface area contributed by atoms with Crippen LogP contribution in [-0.2, 0) is 0 Å². The fourth-order valence-electron chi connectivity index (χ4n) is 4.30. The van der Waals surface area contributed by atoms with Gasteiger partial charge in [0.25, 0.3) is 0 Å². The second-order valence-corrected chi connectivity index (χ2v) is 6.54. The van der Waals surface area contributed by atoms with Gasteiger partial charge in [-0.1, -0.05) is 71.4 Å². The molecule has 0 radical (unpaired) electrons. The fourth-order valence-corrected chi connectivity index (χ4v) is 5.26. The molecule has 0 fully saturated rings. The highest BCUT2D eigenvalue weighted by Gasteiger charge is 2.46. The average molecular weight is 313 g/mol. The summed E-state index contributed by atoms with van der Waals surface area (Å²) in [5, 5.41) is 1.10. The molecule has 0 aliphatic heterocycles. The lowest BCUT2D eigenvalue weighted by Crippen LogP contribution is -2.39. The van der Waals surface area contributed by atoms with Crippen LogP contribution in [0.2, 0.25) is 0 Å². The normalized spacial score (nSPS) is 30.8. The molecule has 0 nitrogen and oxygen atoms in total. The minimum absolute atomic E-state index is 0.576. The van der Waals surface area contributed by atoms with Crippen molar-refractivity contribution >= 4 is 15.9 Å². The molecule has 0 saturated heterocycles. The van der Waals surface area contributed by atoms with Gasteiger partial charge < -0.3 is 0 Å². The highest BCUT2D eigenvalue weighted by Crippen LogP contribution is 2.58. The Morgan fingerprint density at radius 3 is 1.63 bits per heavy atom. The molecule has 19 heavy (non-hydrogen) atoms. The van der Waals surface area contributed by atoms with Crippen LogP contribution in [0.3, 0.4) is 0 Å². The molecule has 0 heterocycles. The molecule has 0 aromatic heterocycles. The molecule has 5 rings (SSSR count). The highest BCUT2D eigenvalue weighted by atomic mass is 79.9. The van der Waals surface area contributed by atoms with Crippen molar-refractivity contribution < 1.29 is 0 Å². The van der Waals surface area contributed by atoms with E-state index in [0.717, 1.165) is 11.2 Å². The van der Waals surface area contributed by atoms with Crippen LogP contribution in [0.5, 0.6) is 0 Å². The van der Waals surface area contributed by atoms with Gasteiger partial charge in [-0.05, 0) is 34.1 Å². The quantitative estimate of drug-likeness (QED) is 0.655. The zero-order valence-electron chi connectivity index (χ0n) is 11.0. The number of hydrogen-bond donors (Lipinski definition) is 0. The Morgan fingerprint density at radius 2 is 1.21 bits per heavy atom. The van der Waals surface area contributed by atoms with E-state index in [0.29, 0.717) is 17.8 Å². The first-order valence-electron chi connectivity index (χ1n) is 7.06. The summed E-state index contributed by atoms with van der Waals surface area (Å²) in [5.74, 6) is 2.59. The summed E-state index contributed by atoms with van der Waals surface area (Å²) in [4.78, 5) is 0. The molecule has 2 aromatic carbocycles. The van der Waals surface area contributed by atoms with Gasteiger partial charge in [-0.15, -0.1) is 0 Å². The van der Waals surface area contributed by atoms with Crippen LogP contribution in [0.25, 0.3) is 0 Å². The summed E-state index contributed by atoms with van der Waals surface area (Å²) in [5.41, 5.74) is 6.26. The first kappa shape index (κ1) is 11.7. The highest BCUT2D eigenvalue weighted by molar-refractivity contribution is 9.09. The summed E-state index contributed by atoms with van der Waals surface area (Å²) in [6.45, 7) is 2.43. The van der Waals surface area contributed by atoms with Gasteiger partial charge in [0.1, 0.15) is 0 Å². The molecule has 0 spiro atoms. The monoisotopic (exact) mass is 312 g/mol. The minimum atomic E-state index is 0.576. The van der Waals surface area contributed by atoms with E-state index in [1.54, 1.807) is 22.3 Å². The first-order valence-corrected chi connectivity index (χ1v) is 8.18. The molecular formula is C18H17Br. The minimum Gasteiger partial charge on any atom is -0.0925 e. The second-order valence-electron chi connectivity index (χ2n) is 5.89. The Hall–Kier alpha value is -1.08. The molecule has 96 valence electrons. The molecule has 2 unspecified atom stereocenters. The molecule has 3 aliphatic carbocycles. The van der Waals surface area contributed by atoms with Crippen molar-refractivity contribution in [2.45, 2.75) is 18.8 Å². The molecule has 2 aromatic rings. The largest absolute Gasteiger partial charge is 0.0925 e. The van der Waals surface area contributed by atoms with Gasteiger partial charge in [-0.25, -0.2) is 0 Å². The third-order valence-corrected chi connectivity index (χ3v) is 5.89. The number of halogens is 1. The van der Waals surface area contributed by atoms with Crippen LogP contribution in [-0.4, -0.2) is 5.33 Å². The van der Waals surface area contributed by atoms with E-state index < -0.39 is 0 Å². The zero-order valence-corrected chi connectivity index (χ0v) is 12.6. The Kier molecular flexibility index (Phi) is 2.60. The van der Waals surface area contributed by atoms with E-state index in [4.69, 9.17) is 0 Å². The van der Waals surface area contributed by atoms with Crippen LogP contribution < -0.4 is 0 Å². The smallest absolute Gasteiger partial charge is 0.0134 e. The Morgan fingerprint density at radius 1 is 0.789 bits per heavy atom. The summed E-state index contributed by atoms with van der Waals surface area (Å²) >= 11 is 3.76. The third kappa shape index (κ3) is 1.45. The molecule has 2 atom stereocenters. The van der Waals surface area contributed by atoms with Gasteiger partial charge in [0, 0.05) is 17.2 Å². The van der Waals surface area contributed by atoms with E-state index in [1.165, 1.54) is 0 Å². The van der Waals surface area contributed by atoms with E-state index in [1.807, 2.05) is 0 Å². The van der Waals surface area contributed by atoms with Crippen molar-refractivity contribution in [1.82, 2.24) is 0 Å². The predicted molar refractivity (Wildman–Crippen MR) is 83.0 cm³/mol. The van der Waals surface area contributed by atoms with Crippen molar-refractivity contribution in [2.75, 3.05) is 5.33 Å². The second kappa shape index (κ2) is 4.21. The summed E-state index contributed by atoms with van der Waals surface area (Å²) in [6.07, 6.45) is 0. The van der Waals surface area contributed by atoms with E-state index >= 15 is 0 Å². The van der Waals surface area contributed by atoms with Crippen molar-refractivity contribution in [1.29, 1.82) is 0 Å². The summed E-state index contributed by atoms with van der Waals surface area (Å²) in [7, 11) is 0. The van der Waals surface area contributed by atoms with E-state index in [2.05, 4.69) is 71.4 Å². The van der Waals surface area contributed by atoms with Gasteiger partial charge in [0.05, 0.1) is 0 Å². The SMILES string of the molecule is CC1C2c3ccccc3C(c3ccccc32)C1CBr. The van der Waals surface area contributed by atoms with Crippen LogP contribution in [0.4, 0.5) is 0 Å². The van der Waals surface area contributed by atoms with Gasteiger partial charge in [-0.3, -0.25) is 0 Å². The third-order valence-electron chi connectivity index (χ3n) is 5.14.